The second-order valence-corrected chi connectivity index (χ2v) is 5.82. The Balaban J connectivity index is 1.66. The van der Waals surface area contributed by atoms with Crippen molar-refractivity contribution in [1.82, 2.24) is 4.90 Å². The van der Waals surface area contributed by atoms with E-state index in [1.54, 1.807) is 12.1 Å². The van der Waals surface area contributed by atoms with Gasteiger partial charge in [0.2, 0.25) is 0 Å². The number of nitrogens with zero attached hydrogens (tertiary/aromatic N) is 1. The molecule has 0 aromatic heterocycles. The molecular formula is C16H23NO2. The Kier molecular flexibility index (Phi) is 3.65. The first-order valence-electron chi connectivity index (χ1n) is 7.47. The van der Waals surface area contributed by atoms with Gasteiger partial charge in [0.25, 0.3) is 0 Å². The van der Waals surface area contributed by atoms with Crippen molar-refractivity contribution in [3.63, 3.8) is 0 Å². The van der Waals surface area contributed by atoms with E-state index in [-0.39, 0.29) is 0 Å². The number of aromatic hydroxyl groups is 1. The molecule has 0 amide bonds. The van der Waals surface area contributed by atoms with Crippen LogP contribution in [0.25, 0.3) is 0 Å². The number of hydrogen-bond donors (Lipinski definition) is 1. The van der Waals surface area contributed by atoms with Gasteiger partial charge in [-0.15, -0.1) is 0 Å². The monoisotopic (exact) mass is 261 g/mol. The fraction of sp³-hybridized carbons (Fsp3) is 0.625. The van der Waals surface area contributed by atoms with Gasteiger partial charge >= 0.3 is 0 Å². The summed E-state index contributed by atoms with van der Waals surface area (Å²) in [5.41, 5.74) is 1.24. The van der Waals surface area contributed by atoms with Gasteiger partial charge in [0, 0.05) is 11.6 Å². The summed E-state index contributed by atoms with van der Waals surface area (Å²) in [7, 11) is 0. The highest BCUT2D eigenvalue weighted by Gasteiger charge is 2.32. The average molecular weight is 261 g/mol. The molecule has 2 aliphatic heterocycles. The number of hydrogen-bond acceptors (Lipinski definition) is 3. The molecule has 1 unspecified atom stereocenters. The van der Waals surface area contributed by atoms with Gasteiger partial charge in [-0.05, 0) is 44.0 Å². The van der Waals surface area contributed by atoms with E-state index in [0.717, 1.165) is 18.3 Å². The van der Waals surface area contributed by atoms with Gasteiger partial charge in [0.05, 0.1) is 6.04 Å². The van der Waals surface area contributed by atoms with Crippen LogP contribution in [-0.2, 0) is 0 Å². The van der Waals surface area contributed by atoms with E-state index in [4.69, 9.17) is 4.74 Å². The van der Waals surface area contributed by atoms with Crippen LogP contribution in [0.15, 0.2) is 18.2 Å². The van der Waals surface area contributed by atoms with E-state index in [1.165, 1.54) is 44.3 Å². The molecule has 1 aromatic carbocycles. The van der Waals surface area contributed by atoms with Gasteiger partial charge < -0.3 is 9.84 Å². The predicted molar refractivity (Wildman–Crippen MR) is 75.5 cm³/mol. The number of likely N-dealkylation sites (tertiary alicyclic amines) is 1. The summed E-state index contributed by atoms with van der Waals surface area (Å²) in [6.07, 6.45) is 5.31. The molecule has 3 nitrogen and oxygen atoms in total. The Morgan fingerprint density at radius 3 is 2.84 bits per heavy atom. The molecule has 1 saturated heterocycles. The highest BCUT2D eigenvalue weighted by molar-refractivity contribution is 5.44. The molecule has 0 aliphatic carbocycles. The van der Waals surface area contributed by atoms with Crippen molar-refractivity contribution >= 4 is 0 Å². The van der Waals surface area contributed by atoms with E-state index in [1.807, 2.05) is 6.07 Å². The minimum absolute atomic E-state index is 0.293. The Hall–Kier alpha value is -1.22. The molecule has 0 spiro atoms. The second kappa shape index (κ2) is 5.41. The van der Waals surface area contributed by atoms with Gasteiger partial charge in [0.15, 0.2) is 0 Å². The maximum Gasteiger partial charge on any atom is 0.127 e. The lowest BCUT2D eigenvalue weighted by Crippen LogP contribution is -2.37. The quantitative estimate of drug-likeness (QED) is 0.905. The second-order valence-electron chi connectivity index (χ2n) is 5.82. The first kappa shape index (κ1) is 12.8. The van der Waals surface area contributed by atoms with Crippen molar-refractivity contribution < 1.29 is 9.84 Å². The fourth-order valence-corrected chi connectivity index (χ4v) is 3.45. The molecule has 0 radical (unpaired) electrons. The van der Waals surface area contributed by atoms with Gasteiger partial charge in [0.1, 0.15) is 18.1 Å². The Morgan fingerprint density at radius 1 is 1.32 bits per heavy atom. The molecule has 19 heavy (non-hydrogen) atoms. The van der Waals surface area contributed by atoms with Crippen molar-refractivity contribution in [2.75, 3.05) is 19.7 Å². The third kappa shape index (κ3) is 2.57. The predicted octanol–water partition coefficient (Wildman–Crippen LogP) is 3.34. The Bertz CT molecular complexity index is 438. The molecule has 3 heteroatoms. The summed E-state index contributed by atoms with van der Waals surface area (Å²) in [6, 6.07) is 5.91. The van der Waals surface area contributed by atoms with E-state index >= 15 is 0 Å². The molecule has 1 N–H and O–H groups in total. The zero-order valence-corrected chi connectivity index (χ0v) is 11.6. The molecule has 1 fully saturated rings. The molecule has 2 aliphatic rings. The van der Waals surface area contributed by atoms with Gasteiger partial charge in [-0.25, -0.2) is 0 Å². The van der Waals surface area contributed by atoms with E-state index < -0.39 is 0 Å². The first-order valence-corrected chi connectivity index (χ1v) is 7.47. The number of rotatable bonds is 3. The zero-order valence-electron chi connectivity index (χ0n) is 11.6. The summed E-state index contributed by atoms with van der Waals surface area (Å²) in [5.74, 6) is 2.07. The smallest absolute Gasteiger partial charge is 0.127 e. The van der Waals surface area contributed by atoms with Crippen LogP contribution in [0.3, 0.4) is 0 Å². The minimum atomic E-state index is 0.293. The molecule has 0 bridgehead atoms. The summed E-state index contributed by atoms with van der Waals surface area (Å²) in [5, 5.41) is 9.49. The maximum atomic E-state index is 9.49. The van der Waals surface area contributed by atoms with Crippen LogP contribution in [0.4, 0.5) is 0 Å². The molecule has 1 atom stereocenters. The third-order valence-corrected chi connectivity index (χ3v) is 4.54. The molecule has 2 heterocycles. The minimum Gasteiger partial charge on any atom is -0.508 e. The number of ether oxygens (including phenoxy) is 1. The summed E-state index contributed by atoms with van der Waals surface area (Å²) >= 11 is 0. The topological polar surface area (TPSA) is 32.7 Å². The van der Waals surface area contributed by atoms with E-state index in [9.17, 15) is 5.11 Å². The van der Waals surface area contributed by atoms with E-state index in [2.05, 4.69) is 11.8 Å². The van der Waals surface area contributed by atoms with Crippen LogP contribution >= 0.6 is 0 Å². The normalized spacial score (nSPS) is 24.2. The molecule has 0 saturated carbocycles. The summed E-state index contributed by atoms with van der Waals surface area (Å²) in [4.78, 5) is 2.55. The maximum absolute atomic E-state index is 9.49. The van der Waals surface area contributed by atoms with E-state index in [0.29, 0.717) is 11.8 Å². The summed E-state index contributed by atoms with van der Waals surface area (Å²) in [6.45, 7) is 5.37. The zero-order chi connectivity index (χ0) is 13.2. The van der Waals surface area contributed by atoms with Crippen LogP contribution in [-0.4, -0.2) is 29.7 Å². The van der Waals surface area contributed by atoms with Crippen LogP contribution in [0.1, 0.15) is 44.2 Å². The SMILES string of the molecule is CCCC1CCN(C2COc3cc(O)ccc32)CC1. The largest absolute Gasteiger partial charge is 0.508 e. The van der Waals surface area contributed by atoms with Crippen LogP contribution in [0, 0.1) is 5.92 Å². The molecule has 104 valence electrons. The standard InChI is InChI=1S/C16H23NO2/c1-2-3-12-6-8-17(9-7-12)15-11-19-16-10-13(18)4-5-14(15)16/h4-5,10,12,15,18H,2-3,6-9,11H2,1H3. The lowest BCUT2D eigenvalue weighted by molar-refractivity contribution is 0.111. The van der Waals surface area contributed by atoms with Gasteiger partial charge in [-0.3, -0.25) is 4.90 Å². The van der Waals surface area contributed by atoms with Crippen LogP contribution in [0.5, 0.6) is 11.5 Å². The lowest BCUT2D eigenvalue weighted by atomic mass is 9.91. The van der Waals surface area contributed by atoms with Gasteiger partial charge in [-0.1, -0.05) is 19.8 Å². The number of phenols is 1. The number of fused-ring (bicyclic) bond motifs is 1. The first-order chi connectivity index (χ1) is 9.28. The third-order valence-electron chi connectivity index (χ3n) is 4.54. The Labute approximate surface area is 115 Å². The number of benzene rings is 1. The lowest BCUT2D eigenvalue weighted by Gasteiger charge is -2.35. The Morgan fingerprint density at radius 2 is 2.11 bits per heavy atom. The van der Waals surface area contributed by atoms with Crippen molar-refractivity contribution in [3.05, 3.63) is 23.8 Å². The number of phenolic OH excluding ortho intramolecular Hbond substituents is 1. The van der Waals surface area contributed by atoms with Crippen molar-refractivity contribution in [2.24, 2.45) is 5.92 Å². The van der Waals surface area contributed by atoms with Crippen molar-refractivity contribution in [1.29, 1.82) is 0 Å². The number of piperidine rings is 1. The van der Waals surface area contributed by atoms with Gasteiger partial charge in [-0.2, -0.15) is 0 Å². The highest BCUT2D eigenvalue weighted by Crippen LogP contribution is 2.39. The summed E-state index contributed by atoms with van der Waals surface area (Å²) < 4.78 is 5.72. The average Bonchev–Trinajstić information content (AvgIpc) is 2.83. The molecule has 3 rings (SSSR count). The fourth-order valence-electron chi connectivity index (χ4n) is 3.45. The van der Waals surface area contributed by atoms with Crippen LogP contribution < -0.4 is 4.74 Å². The highest BCUT2D eigenvalue weighted by atomic mass is 16.5. The van der Waals surface area contributed by atoms with Crippen LogP contribution in [0.2, 0.25) is 0 Å². The molecular weight excluding hydrogens is 238 g/mol. The van der Waals surface area contributed by atoms with Crippen molar-refractivity contribution in [2.45, 2.75) is 38.6 Å². The molecule has 1 aromatic rings. The van der Waals surface area contributed by atoms with Crippen molar-refractivity contribution in [3.8, 4) is 11.5 Å².